The number of halogens is 2. The molecule has 2 heterocycles. The highest BCUT2D eigenvalue weighted by molar-refractivity contribution is 6.35. The number of hydrogen-bond acceptors (Lipinski definition) is 2. The molecular weight excluding hydrogens is 295 g/mol. The molecule has 1 aromatic carbocycles. The van der Waals surface area contributed by atoms with E-state index in [1.807, 2.05) is 11.0 Å². The summed E-state index contributed by atoms with van der Waals surface area (Å²) < 4.78 is 0. The van der Waals surface area contributed by atoms with E-state index in [9.17, 15) is 4.79 Å². The van der Waals surface area contributed by atoms with Crippen LogP contribution in [-0.4, -0.2) is 30.4 Å². The van der Waals surface area contributed by atoms with Gasteiger partial charge >= 0.3 is 0 Å². The quantitative estimate of drug-likeness (QED) is 0.865. The molecule has 1 amide bonds. The van der Waals surface area contributed by atoms with Crippen molar-refractivity contribution in [3.8, 4) is 0 Å². The number of nitrogens with zero attached hydrogens (tertiary/aromatic N) is 1. The Morgan fingerprint density at radius 3 is 2.75 bits per heavy atom. The zero-order valence-electron chi connectivity index (χ0n) is 11.3. The fourth-order valence-electron chi connectivity index (χ4n) is 3.12. The Kier molecular flexibility index (Phi) is 4.20. The monoisotopic (exact) mass is 312 g/mol. The Balaban J connectivity index is 1.76. The third kappa shape index (κ3) is 2.80. The number of nitrogens with one attached hydrogen (secondary N) is 1. The molecule has 0 atom stereocenters. The van der Waals surface area contributed by atoms with Crippen LogP contribution in [0.5, 0.6) is 0 Å². The summed E-state index contributed by atoms with van der Waals surface area (Å²) in [5.74, 6) is 0.459. The molecule has 108 valence electrons. The molecule has 0 unspecified atom stereocenters. The van der Waals surface area contributed by atoms with Gasteiger partial charge in [0.2, 0.25) is 5.91 Å². The lowest BCUT2D eigenvalue weighted by Gasteiger charge is -2.33. The van der Waals surface area contributed by atoms with Crippen LogP contribution < -0.4 is 5.32 Å². The first kappa shape index (κ1) is 14.2. The summed E-state index contributed by atoms with van der Waals surface area (Å²) in [6, 6.07) is 3.72. The van der Waals surface area contributed by atoms with E-state index in [2.05, 4.69) is 5.32 Å². The number of piperidine rings is 1. The predicted octanol–water partition coefficient (Wildman–Crippen LogP) is 2.88. The summed E-state index contributed by atoms with van der Waals surface area (Å²) in [5, 5.41) is 4.66. The molecular formula is C15H18Cl2N2O. The smallest absolute Gasteiger partial charge is 0.226 e. The van der Waals surface area contributed by atoms with Crippen molar-refractivity contribution in [2.45, 2.75) is 25.8 Å². The molecule has 5 heteroatoms. The lowest BCUT2D eigenvalue weighted by atomic mass is 9.94. The summed E-state index contributed by atoms with van der Waals surface area (Å²) in [6.45, 7) is 3.28. The second kappa shape index (κ2) is 5.92. The molecule has 20 heavy (non-hydrogen) atoms. The number of rotatable bonds is 1. The van der Waals surface area contributed by atoms with Crippen LogP contribution >= 0.6 is 23.2 Å². The van der Waals surface area contributed by atoms with Gasteiger partial charge in [0, 0.05) is 29.1 Å². The van der Waals surface area contributed by atoms with Gasteiger partial charge in [0.15, 0.2) is 0 Å². The van der Waals surface area contributed by atoms with Gasteiger partial charge in [-0.1, -0.05) is 23.2 Å². The van der Waals surface area contributed by atoms with Crippen LogP contribution in [0, 0.1) is 5.92 Å². The second-order valence-corrected chi connectivity index (χ2v) is 6.40. The molecule has 0 aliphatic carbocycles. The fraction of sp³-hybridized carbons (Fsp3) is 0.533. The molecule has 0 bridgehead atoms. The summed E-state index contributed by atoms with van der Waals surface area (Å²) in [7, 11) is 0. The van der Waals surface area contributed by atoms with Gasteiger partial charge in [-0.2, -0.15) is 0 Å². The van der Waals surface area contributed by atoms with Gasteiger partial charge in [-0.15, -0.1) is 0 Å². The van der Waals surface area contributed by atoms with E-state index in [0.29, 0.717) is 11.6 Å². The topological polar surface area (TPSA) is 32.3 Å². The third-order valence-corrected chi connectivity index (χ3v) is 4.80. The second-order valence-electron chi connectivity index (χ2n) is 5.56. The van der Waals surface area contributed by atoms with Crippen LogP contribution in [0.15, 0.2) is 12.1 Å². The van der Waals surface area contributed by atoms with Gasteiger partial charge in [0.25, 0.3) is 0 Å². The molecule has 0 saturated carbocycles. The molecule has 0 radical (unpaired) electrons. The lowest BCUT2D eigenvalue weighted by Crippen LogP contribution is -2.43. The normalized spacial score (nSPS) is 19.8. The zero-order valence-corrected chi connectivity index (χ0v) is 12.8. The van der Waals surface area contributed by atoms with Crippen LogP contribution in [0.3, 0.4) is 0 Å². The van der Waals surface area contributed by atoms with E-state index in [0.717, 1.165) is 55.0 Å². The summed E-state index contributed by atoms with van der Waals surface area (Å²) in [5.41, 5.74) is 2.24. The van der Waals surface area contributed by atoms with Crippen molar-refractivity contribution < 1.29 is 4.79 Å². The Hall–Kier alpha value is -0.770. The minimum absolute atomic E-state index is 0.174. The molecule has 1 fully saturated rings. The van der Waals surface area contributed by atoms with Crippen LogP contribution in [-0.2, 0) is 17.8 Å². The SMILES string of the molecule is O=C(C1CCNCC1)N1CCc2c(Cl)cc(Cl)cc2C1. The van der Waals surface area contributed by atoms with Crippen LogP contribution in [0.2, 0.25) is 10.0 Å². The molecule has 2 aliphatic heterocycles. The van der Waals surface area contributed by atoms with Gasteiger partial charge in [0.1, 0.15) is 0 Å². The largest absolute Gasteiger partial charge is 0.338 e. The Morgan fingerprint density at radius 1 is 1.25 bits per heavy atom. The van der Waals surface area contributed by atoms with E-state index in [1.54, 1.807) is 6.07 Å². The maximum atomic E-state index is 12.6. The maximum Gasteiger partial charge on any atom is 0.226 e. The first-order valence-electron chi connectivity index (χ1n) is 7.11. The molecule has 3 rings (SSSR count). The van der Waals surface area contributed by atoms with Gasteiger partial charge < -0.3 is 10.2 Å². The number of hydrogen-bond donors (Lipinski definition) is 1. The predicted molar refractivity (Wildman–Crippen MR) is 81.2 cm³/mol. The third-order valence-electron chi connectivity index (χ3n) is 4.25. The van der Waals surface area contributed by atoms with Gasteiger partial charge in [-0.3, -0.25) is 4.79 Å². The molecule has 3 nitrogen and oxygen atoms in total. The van der Waals surface area contributed by atoms with E-state index in [1.165, 1.54) is 0 Å². The molecule has 1 saturated heterocycles. The molecule has 0 aromatic heterocycles. The highest BCUT2D eigenvalue weighted by Crippen LogP contribution is 2.30. The average Bonchev–Trinajstić information content (AvgIpc) is 2.46. The lowest BCUT2D eigenvalue weighted by molar-refractivity contribution is -0.137. The van der Waals surface area contributed by atoms with Crippen molar-refractivity contribution in [1.82, 2.24) is 10.2 Å². The number of fused-ring (bicyclic) bond motifs is 1. The van der Waals surface area contributed by atoms with Gasteiger partial charge in [-0.05, 0) is 55.6 Å². The van der Waals surface area contributed by atoms with Gasteiger partial charge in [-0.25, -0.2) is 0 Å². The molecule has 0 spiro atoms. The summed E-state index contributed by atoms with van der Waals surface area (Å²) >= 11 is 12.3. The number of carbonyl (C=O) groups excluding carboxylic acids is 1. The Morgan fingerprint density at radius 2 is 2.00 bits per heavy atom. The molecule has 1 N–H and O–H groups in total. The highest BCUT2D eigenvalue weighted by Gasteiger charge is 2.29. The van der Waals surface area contributed by atoms with E-state index < -0.39 is 0 Å². The minimum atomic E-state index is 0.174. The first-order chi connectivity index (χ1) is 9.65. The Labute approximate surface area is 129 Å². The van der Waals surface area contributed by atoms with E-state index >= 15 is 0 Å². The minimum Gasteiger partial charge on any atom is -0.338 e. The van der Waals surface area contributed by atoms with Crippen molar-refractivity contribution in [1.29, 1.82) is 0 Å². The standard InChI is InChI=1S/C15H18Cl2N2O/c16-12-7-11-9-19(6-3-13(11)14(17)8-12)15(20)10-1-4-18-5-2-10/h7-8,10,18H,1-6,9H2. The van der Waals surface area contributed by atoms with Crippen molar-refractivity contribution in [2.24, 2.45) is 5.92 Å². The first-order valence-corrected chi connectivity index (χ1v) is 7.87. The van der Waals surface area contributed by atoms with E-state index in [-0.39, 0.29) is 11.8 Å². The fourth-order valence-corrected chi connectivity index (χ4v) is 3.75. The summed E-state index contributed by atoms with van der Waals surface area (Å²) in [4.78, 5) is 14.5. The maximum absolute atomic E-state index is 12.6. The number of benzene rings is 1. The van der Waals surface area contributed by atoms with Gasteiger partial charge in [0.05, 0.1) is 0 Å². The zero-order chi connectivity index (χ0) is 14.1. The van der Waals surface area contributed by atoms with Crippen molar-refractivity contribution in [3.63, 3.8) is 0 Å². The van der Waals surface area contributed by atoms with Crippen LogP contribution in [0.25, 0.3) is 0 Å². The Bertz CT molecular complexity index is 527. The van der Waals surface area contributed by atoms with Crippen LogP contribution in [0.1, 0.15) is 24.0 Å². The van der Waals surface area contributed by atoms with Crippen LogP contribution in [0.4, 0.5) is 0 Å². The van der Waals surface area contributed by atoms with E-state index in [4.69, 9.17) is 23.2 Å². The number of carbonyl (C=O) groups is 1. The summed E-state index contributed by atoms with van der Waals surface area (Å²) in [6.07, 6.45) is 2.71. The van der Waals surface area contributed by atoms with Crippen molar-refractivity contribution in [2.75, 3.05) is 19.6 Å². The number of amides is 1. The molecule has 2 aliphatic rings. The van der Waals surface area contributed by atoms with Crippen molar-refractivity contribution >= 4 is 29.1 Å². The highest BCUT2D eigenvalue weighted by atomic mass is 35.5. The molecule has 1 aromatic rings. The van der Waals surface area contributed by atoms with Crippen molar-refractivity contribution in [3.05, 3.63) is 33.3 Å². The average molecular weight is 313 g/mol.